The topological polar surface area (TPSA) is 108 Å². The Morgan fingerprint density at radius 2 is 0.959 bits per heavy atom. The number of carbonyl (C=O) groups is 4. The summed E-state index contributed by atoms with van der Waals surface area (Å²) in [7, 11) is 0. The first kappa shape index (κ1) is 50.7. The number of rotatable bonds is 15. The van der Waals surface area contributed by atoms with E-state index in [0.29, 0.717) is 95.7 Å². The van der Waals surface area contributed by atoms with Gasteiger partial charge in [-0.05, 0) is 117 Å². The van der Waals surface area contributed by atoms with Gasteiger partial charge in [0.15, 0.2) is 0 Å². The van der Waals surface area contributed by atoms with E-state index < -0.39 is 23.8 Å². The number of carbonyl (C=O) groups excluding carboxylic acids is 4. The molecule has 73 heavy (non-hydrogen) atoms. The molecule has 8 aromatic carbocycles. The van der Waals surface area contributed by atoms with Gasteiger partial charge in [0.1, 0.15) is 23.0 Å². The number of nitrogens with zero attached hydrogens (tertiary/aromatic N) is 1. The van der Waals surface area contributed by atoms with Crippen LogP contribution in [0.15, 0.2) is 103 Å². The molecule has 0 aromatic heterocycles. The van der Waals surface area contributed by atoms with Crippen LogP contribution in [0.4, 0.5) is 5.69 Å². The Morgan fingerprint density at radius 1 is 0.507 bits per heavy atom. The van der Waals surface area contributed by atoms with Crippen LogP contribution in [0.2, 0.25) is 0 Å². The number of esters is 2. The fourth-order valence-corrected chi connectivity index (χ4v) is 10.3. The summed E-state index contributed by atoms with van der Waals surface area (Å²) in [5.74, 6) is -0.349. The average Bonchev–Trinajstić information content (AvgIpc) is 3.35. The minimum Gasteiger partial charge on any atom is -0.462 e. The van der Waals surface area contributed by atoms with Crippen LogP contribution in [-0.2, 0) is 20.3 Å². The van der Waals surface area contributed by atoms with Crippen LogP contribution < -0.4 is 14.4 Å². The maximum atomic E-state index is 15.7. The molecule has 0 atom stereocenters. The lowest BCUT2D eigenvalue weighted by Crippen LogP contribution is -2.41. The molecule has 0 aliphatic carbocycles. The van der Waals surface area contributed by atoms with Crippen molar-refractivity contribution in [3.63, 3.8) is 0 Å². The zero-order valence-electron chi connectivity index (χ0n) is 44.4. The summed E-state index contributed by atoms with van der Waals surface area (Å²) in [6.07, 6.45) is 2.95. The van der Waals surface area contributed by atoms with Crippen molar-refractivity contribution >= 4 is 72.5 Å². The van der Waals surface area contributed by atoms with Gasteiger partial charge in [-0.1, -0.05) is 151 Å². The number of para-hydroxylation sites is 1. The van der Waals surface area contributed by atoms with Crippen molar-refractivity contribution in [2.24, 2.45) is 0 Å². The van der Waals surface area contributed by atoms with E-state index in [1.807, 2.05) is 92.7 Å². The Kier molecular flexibility index (Phi) is 13.6. The highest BCUT2D eigenvalue weighted by atomic mass is 16.5. The second-order valence-corrected chi connectivity index (χ2v) is 22.2. The van der Waals surface area contributed by atoms with Crippen molar-refractivity contribution in [3.8, 4) is 23.0 Å². The number of ether oxygens (including phenoxy) is 4. The predicted molar refractivity (Wildman–Crippen MR) is 294 cm³/mol. The standard InChI is InChI=1S/C64H67NO8/c1-13-15-32-70-61(68)47-31-29-45-54-50(72-40-24-20-38(21-25-40)63(7,8)9)34-48-52-46(59(66)65(60(48)67)58-42(36(3)4)18-17-19-43(58)37(5)6)30-28-44(56(52)54)55-51(73-41-26-22-39(23-27-41)64(10,11)12)35-49(53(47)57(45)55)62(69)71-33-16-14-2/h17-31,34-37H,13-16,32-33H2,1-12H3. The monoisotopic (exact) mass is 977 g/mol. The first-order valence-corrected chi connectivity index (χ1v) is 26.0. The third kappa shape index (κ3) is 9.17. The van der Waals surface area contributed by atoms with Gasteiger partial charge in [0.05, 0.1) is 35.6 Å². The molecular formula is C64H67NO8. The average molecular weight is 978 g/mol. The summed E-state index contributed by atoms with van der Waals surface area (Å²) in [5, 5.41) is 4.38. The van der Waals surface area contributed by atoms with Crippen LogP contribution in [0.3, 0.4) is 0 Å². The molecule has 9 nitrogen and oxygen atoms in total. The fraction of sp³-hybridized carbons (Fsp3) is 0.344. The molecular weight excluding hydrogens is 911 g/mol. The van der Waals surface area contributed by atoms with E-state index in [4.69, 9.17) is 18.9 Å². The summed E-state index contributed by atoms with van der Waals surface area (Å²) >= 11 is 0. The maximum absolute atomic E-state index is 15.7. The molecule has 9 heteroatoms. The number of imide groups is 1. The first-order valence-electron chi connectivity index (χ1n) is 26.0. The van der Waals surface area contributed by atoms with Crippen molar-refractivity contribution in [1.82, 2.24) is 0 Å². The highest BCUT2D eigenvalue weighted by Crippen LogP contribution is 2.53. The highest BCUT2D eigenvalue weighted by molar-refractivity contribution is 6.44. The van der Waals surface area contributed by atoms with Crippen molar-refractivity contribution in [3.05, 3.63) is 148 Å². The van der Waals surface area contributed by atoms with Crippen LogP contribution in [-0.4, -0.2) is 37.0 Å². The van der Waals surface area contributed by atoms with Gasteiger partial charge >= 0.3 is 11.9 Å². The van der Waals surface area contributed by atoms with E-state index in [0.717, 1.165) is 35.1 Å². The van der Waals surface area contributed by atoms with Crippen LogP contribution in [0.5, 0.6) is 23.0 Å². The number of anilines is 1. The van der Waals surface area contributed by atoms with E-state index in [-0.39, 0.29) is 47.0 Å². The summed E-state index contributed by atoms with van der Waals surface area (Å²) in [6.45, 7) is 25.6. The third-order valence-electron chi connectivity index (χ3n) is 14.3. The maximum Gasteiger partial charge on any atom is 0.338 e. The van der Waals surface area contributed by atoms with Gasteiger partial charge in [-0.15, -0.1) is 0 Å². The minimum absolute atomic E-state index is 0.00346. The molecule has 0 radical (unpaired) electrons. The SMILES string of the molecule is CCCCOC(=O)c1ccc2c3c(Oc4ccc(C(C)(C)C)cc4)cc4c5c(ccc(c6c(Oc7ccc(C(C)(C)C)cc7)cc(C(=O)OCCCC)c1c26)c53)C(=O)N(c1c(C(C)C)cccc1C(C)C)C4=O. The zero-order valence-corrected chi connectivity index (χ0v) is 44.4. The van der Waals surface area contributed by atoms with E-state index in [1.54, 1.807) is 24.3 Å². The summed E-state index contributed by atoms with van der Waals surface area (Å²) in [5.41, 5.74) is 5.37. The Labute approximate surface area is 429 Å². The fourth-order valence-electron chi connectivity index (χ4n) is 10.3. The van der Waals surface area contributed by atoms with Gasteiger partial charge in [0.2, 0.25) is 0 Å². The van der Waals surface area contributed by atoms with Gasteiger partial charge in [-0.2, -0.15) is 0 Å². The molecule has 0 N–H and O–H groups in total. The predicted octanol–water partition coefficient (Wildman–Crippen LogP) is 16.9. The molecule has 9 rings (SSSR count). The van der Waals surface area contributed by atoms with Gasteiger partial charge in [-0.3, -0.25) is 9.59 Å². The van der Waals surface area contributed by atoms with E-state index >= 15 is 9.59 Å². The van der Waals surface area contributed by atoms with Gasteiger partial charge < -0.3 is 18.9 Å². The van der Waals surface area contributed by atoms with E-state index in [1.165, 1.54) is 4.90 Å². The Morgan fingerprint density at radius 3 is 1.44 bits per heavy atom. The lowest BCUT2D eigenvalue weighted by atomic mass is 9.82. The number of fused-ring (bicyclic) bond motifs is 2. The quantitative estimate of drug-likeness (QED) is 0.0329. The molecule has 0 saturated heterocycles. The number of amides is 2. The second kappa shape index (κ2) is 19.6. The van der Waals surface area contributed by atoms with E-state index in [2.05, 4.69) is 69.2 Å². The number of hydrogen-bond acceptors (Lipinski definition) is 8. The third-order valence-corrected chi connectivity index (χ3v) is 14.3. The van der Waals surface area contributed by atoms with Crippen LogP contribution in [0.1, 0.15) is 184 Å². The summed E-state index contributed by atoms with van der Waals surface area (Å²) in [6, 6.07) is 32.5. The lowest BCUT2D eigenvalue weighted by Gasteiger charge is -2.33. The van der Waals surface area contributed by atoms with Gasteiger partial charge in [0, 0.05) is 37.9 Å². The van der Waals surface area contributed by atoms with Crippen molar-refractivity contribution in [1.29, 1.82) is 0 Å². The van der Waals surface area contributed by atoms with Crippen molar-refractivity contribution in [2.75, 3.05) is 18.1 Å². The summed E-state index contributed by atoms with van der Waals surface area (Å²) < 4.78 is 25.9. The molecule has 376 valence electrons. The lowest BCUT2D eigenvalue weighted by molar-refractivity contribution is 0.0500. The van der Waals surface area contributed by atoms with Crippen molar-refractivity contribution < 1.29 is 38.1 Å². The molecule has 1 aliphatic heterocycles. The van der Waals surface area contributed by atoms with Gasteiger partial charge in [-0.25, -0.2) is 14.5 Å². The highest BCUT2D eigenvalue weighted by Gasteiger charge is 2.40. The Bertz CT molecular complexity index is 3430. The second-order valence-electron chi connectivity index (χ2n) is 22.2. The van der Waals surface area contributed by atoms with Crippen LogP contribution >= 0.6 is 0 Å². The van der Waals surface area contributed by atoms with E-state index in [9.17, 15) is 9.59 Å². The number of unbranched alkanes of at least 4 members (excludes halogenated alkanes) is 2. The Hall–Kier alpha value is -7.26. The molecule has 2 amide bonds. The van der Waals surface area contributed by atoms with Crippen LogP contribution in [0, 0.1) is 0 Å². The molecule has 0 spiro atoms. The Balaban J connectivity index is 1.43. The molecule has 8 aromatic rings. The smallest absolute Gasteiger partial charge is 0.338 e. The van der Waals surface area contributed by atoms with Crippen LogP contribution in [0.25, 0.3) is 43.1 Å². The minimum atomic E-state index is -0.613. The normalized spacial score (nSPS) is 13.1. The molecule has 0 saturated carbocycles. The first-order chi connectivity index (χ1) is 34.7. The number of benzene rings is 8. The molecule has 0 bridgehead atoms. The number of hydrogen-bond donors (Lipinski definition) is 0. The molecule has 0 fully saturated rings. The largest absolute Gasteiger partial charge is 0.462 e. The molecule has 1 heterocycles. The molecule has 1 aliphatic rings. The van der Waals surface area contributed by atoms with Crippen molar-refractivity contribution in [2.45, 2.75) is 131 Å². The van der Waals surface area contributed by atoms with Gasteiger partial charge in [0.25, 0.3) is 11.8 Å². The zero-order chi connectivity index (χ0) is 52.3. The summed E-state index contributed by atoms with van der Waals surface area (Å²) in [4.78, 5) is 61.5. The molecule has 0 unspecified atom stereocenters.